The van der Waals surface area contributed by atoms with E-state index in [-0.39, 0.29) is 0 Å². The number of halogens is 1. The Morgan fingerprint density at radius 2 is 2.38 bits per heavy atom. The number of hydrogen-bond acceptors (Lipinski definition) is 4. The van der Waals surface area contributed by atoms with Gasteiger partial charge in [0.2, 0.25) is 0 Å². The molecule has 0 aliphatic carbocycles. The number of thioether (sulfide) groups is 1. The third kappa shape index (κ3) is 2.47. The number of aryl methyl sites for hydroxylation is 1. The molecule has 0 fully saturated rings. The standard InChI is InChI=1S/C10H13ClN4S/c1-7-5-9(16-8(2)3-4-11)15-10(14-7)12-6-13-15/h5-6,8H,3-4H2,1-2H3. The zero-order valence-electron chi connectivity index (χ0n) is 9.22. The fourth-order valence-electron chi connectivity index (χ4n) is 1.40. The molecule has 0 saturated carbocycles. The molecular weight excluding hydrogens is 244 g/mol. The van der Waals surface area contributed by atoms with Crippen molar-refractivity contribution >= 4 is 29.1 Å². The summed E-state index contributed by atoms with van der Waals surface area (Å²) in [6.07, 6.45) is 2.50. The normalized spacial score (nSPS) is 13.2. The Labute approximate surface area is 103 Å². The Bertz CT molecular complexity index is 485. The monoisotopic (exact) mass is 256 g/mol. The summed E-state index contributed by atoms with van der Waals surface area (Å²) in [6.45, 7) is 4.12. The van der Waals surface area contributed by atoms with Gasteiger partial charge < -0.3 is 0 Å². The molecule has 2 heterocycles. The van der Waals surface area contributed by atoms with Crippen molar-refractivity contribution in [3.8, 4) is 0 Å². The molecule has 0 N–H and O–H groups in total. The van der Waals surface area contributed by atoms with Gasteiger partial charge in [-0.15, -0.1) is 23.4 Å². The minimum Gasteiger partial charge on any atom is -0.216 e. The summed E-state index contributed by atoms with van der Waals surface area (Å²) in [7, 11) is 0. The fraction of sp³-hybridized carbons (Fsp3) is 0.500. The highest BCUT2D eigenvalue weighted by Crippen LogP contribution is 2.25. The first kappa shape index (κ1) is 11.7. The Morgan fingerprint density at radius 1 is 1.56 bits per heavy atom. The van der Waals surface area contributed by atoms with Gasteiger partial charge in [-0.25, -0.2) is 4.98 Å². The maximum absolute atomic E-state index is 5.73. The van der Waals surface area contributed by atoms with E-state index < -0.39 is 0 Å². The quantitative estimate of drug-likeness (QED) is 0.479. The van der Waals surface area contributed by atoms with Gasteiger partial charge in [-0.2, -0.15) is 14.6 Å². The lowest BCUT2D eigenvalue weighted by atomic mass is 10.4. The molecule has 16 heavy (non-hydrogen) atoms. The van der Waals surface area contributed by atoms with E-state index >= 15 is 0 Å². The van der Waals surface area contributed by atoms with Crippen molar-refractivity contribution in [1.82, 2.24) is 19.6 Å². The number of nitrogens with zero attached hydrogens (tertiary/aromatic N) is 4. The number of fused-ring (bicyclic) bond motifs is 1. The van der Waals surface area contributed by atoms with Crippen LogP contribution < -0.4 is 0 Å². The van der Waals surface area contributed by atoms with Gasteiger partial charge in [-0.05, 0) is 19.4 Å². The Morgan fingerprint density at radius 3 is 3.12 bits per heavy atom. The topological polar surface area (TPSA) is 43.1 Å². The van der Waals surface area contributed by atoms with Gasteiger partial charge in [0.1, 0.15) is 11.4 Å². The molecule has 0 aliphatic rings. The average Bonchev–Trinajstić information content (AvgIpc) is 2.65. The molecule has 0 saturated heterocycles. The molecule has 0 aromatic carbocycles. The molecule has 0 spiro atoms. The van der Waals surface area contributed by atoms with Crippen LogP contribution in [0.3, 0.4) is 0 Å². The summed E-state index contributed by atoms with van der Waals surface area (Å²) in [5, 5.41) is 5.69. The van der Waals surface area contributed by atoms with E-state index in [4.69, 9.17) is 11.6 Å². The molecule has 0 bridgehead atoms. The highest BCUT2D eigenvalue weighted by atomic mass is 35.5. The third-order valence-electron chi connectivity index (χ3n) is 2.18. The van der Waals surface area contributed by atoms with Crippen LogP contribution in [-0.2, 0) is 0 Å². The Hall–Kier alpha value is -0.810. The summed E-state index contributed by atoms with van der Waals surface area (Å²) >= 11 is 7.48. The summed E-state index contributed by atoms with van der Waals surface area (Å²) < 4.78 is 1.77. The second kappa shape index (κ2) is 5.01. The molecule has 0 radical (unpaired) electrons. The van der Waals surface area contributed by atoms with Crippen molar-refractivity contribution in [3.05, 3.63) is 18.1 Å². The zero-order chi connectivity index (χ0) is 11.5. The molecular formula is C10H13ClN4S. The van der Waals surface area contributed by atoms with Crippen molar-refractivity contribution in [2.45, 2.75) is 30.5 Å². The van der Waals surface area contributed by atoms with E-state index in [0.29, 0.717) is 16.9 Å². The molecule has 86 valence electrons. The number of aromatic nitrogens is 4. The van der Waals surface area contributed by atoms with Gasteiger partial charge in [-0.1, -0.05) is 6.92 Å². The summed E-state index contributed by atoms with van der Waals surface area (Å²) in [5.74, 6) is 1.33. The van der Waals surface area contributed by atoms with Crippen LogP contribution >= 0.6 is 23.4 Å². The van der Waals surface area contributed by atoms with Crippen molar-refractivity contribution in [3.63, 3.8) is 0 Å². The maximum atomic E-state index is 5.73. The molecule has 2 aromatic rings. The van der Waals surface area contributed by atoms with Crippen molar-refractivity contribution in [2.24, 2.45) is 0 Å². The summed E-state index contributed by atoms with van der Waals surface area (Å²) in [6, 6.07) is 2.02. The number of hydrogen-bond donors (Lipinski definition) is 0. The molecule has 0 amide bonds. The second-order valence-electron chi connectivity index (χ2n) is 3.61. The lowest BCUT2D eigenvalue weighted by molar-refractivity contribution is 0.823. The van der Waals surface area contributed by atoms with Gasteiger partial charge in [0.05, 0.1) is 0 Å². The van der Waals surface area contributed by atoms with Crippen molar-refractivity contribution < 1.29 is 0 Å². The van der Waals surface area contributed by atoms with Gasteiger partial charge in [0.25, 0.3) is 5.78 Å². The largest absolute Gasteiger partial charge is 0.253 e. The molecule has 2 rings (SSSR count). The summed E-state index contributed by atoms with van der Waals surface area (Å²) in [5.41, 5.74) is 0.959. The minimum absolute atomic E-state index is 0.465. The Balaban J connectivity index is 2.31. The first-order valence-electron chi connectivity index (χ1n) is 5.10. The van der Waals surface area contributed by atoms with Crippen LogP contribution in [0.25, 0.3) is 5.78 Å². The minimum atomic E-state index is 0.465. The van der Waals surface area contributed by atoms with E-state index in [1.165, 1.54) is 6.33 Å². The van der Waals surface area contributed by atoms with Crippen LogP contribution in [0, 0.1) is 6.92 Å². The Kier molecular flexibility index (Phi) is 3.66. The van der Waals surface area contributed by atoms with Crippen LogP contribution in [0.4, 0.5) is 0 Å². The predicted molar refractivity (Wildman–Crippen MR) is 66.2 cm³/mol. The van der Waals surface area contributed by atoms with Gasteiger partial charge in [0.15, 0.2) is 0 Å². The molecule has 6 heteroatoms. The smallest absolute Gasteiger partial charge is 0.216 e. The summed E-state index contributed by atoms with van der Waals surface area (Å²) in [4.78, 5) is 8.39. The fourth-order valence-corrected chi connectivity index (χ4v) is 2.97. The van der Waals surface area contributed by atoms with E-state index in [1.807, 2.05) is 13.0 Å². The maximum Gasteiger partial charge on any atom is 0.253 e. The van der Waals surface area contributed by atoms with E-state index in [0.717, 1.165) is 17.1 Å². The molecule has 4 nitrogen and oxygen atoms in total. The lowest BCUT2D eigenvalue weighted by Crippen LogP contribution is -2.02. The zero-order valence-corrected chi connectivity index (χ0v) is 10.8. The van der Waals surface area contributed by atoms with Crippen LogP contribution in [0.15, 0.2) is 17.4 Å². The van der Waals surface area contributed by atoms with Gasteiger partial charge in [0, 0.05) is 16.8 Å². The molecule has 0 aliphatic heterocycles. The molecule has 1 atom stereocenters. The SMILES string of the molecule is Cc1cc(SC(C)CCCl)n2ncnc2n1. The van der Waals surface area contributed by atoms with Crippen molar-refractivity contribution in [1.29, 1.82) is 0 Å². The van der Waals surface area contributed by atoms with Crippen LogP contribution in [0.2, 0.25) is 0 Å². The van der Waals surface area contributed by atoms with Crippen LogP contribution in [0.1, 0.15) is 19.0 Å². The van der Waals surface area contributed by atoms with Crippen LogP contribution in [0.5, 0.6) is 0 Å². The predicted octanol–water partition coefficient (Wildman–Crippen LogP) is 2.54. The van der Waals surface area contributed by atoms with E-state index in [9.17, 15) is 0 Å². The highest BCUT2D eigenvalue weighted by Gasteiger charge is 2.10. The van der Waals surface area contributed by atoms with Gasteiger partial charge in [-0.3, -0.25) is 0 Å². The third-order valence-corrected chi connectivity index (χ3v) is 3.57. The van der Waals surface area contributed by atoms with E-state index in [2.05, 4.69) is 22.0 Å². The molecule has 1 unspecified atom stereocenters. The van der Waals surface area contributed by atoms with Crippen LogP contribution in [-0.4, -0.2) is 30.7 Å². The second-order valence-corrected chi connectivity index (χ2v) is 5.45. The first-order chi connectivity index (χ1) is 7.70. The first-order valence-corrected chi connectivity index (χ1v) is 6.52. The number of alkyl halides is 1. The lowest BCUT2D eigenvalue weighted by Gasteiger charge is -2.10. The van der Waals surface area contributed by atoms with Crippen molar-refractivity contribution in [2.75, 3.05) is 5.88 Å². The van der Waals surface area contributed by atoms with Gasteiger partial charge >= 0.3 is 0 Å². The molecule has 2 aromatic heterocycles. The highest BCUT2D eigenvalue weighted by molar-refractivity contribution is 7.99. The number of rotatable bonds is 4. The van der Waals surface area contributed by atoms with E-state index in [1.54, 1.807) is 16.3 Å². The average molecular weight is 257 g/mol.